The molecule has 1 unspecified atom stereocenters. The van der Waals surface area contributed by atoms with Gasteiger partial charge in [-0.05, 0) is 38.0 Å². The molecule has 6 nitrogen and oxygen atoms in total. The van der Waals surface area contributed by atoms with Crippen LogP contribution in [-0.4, -0.2) is 44.0 Å². The van der Waals surface area contributed by atoms with Crippen LogP contribution in [0.1, 0.15) is 50.8 Å². The Labute approximate surface area is 210 Å². The van der Waals surface area contributed by atoms with Gasteiger partial charge in [0.15, 0.2) is 0 Å². The van der Waals surface area contributed by atoms with E-state index < -0.39 is 22.4 Å². The van der Waals surface area contributed by atoms with Crippen LogP contribution in [0.2, 0.25) is 0 Å². The van der Waals surface area contributed by atoms with Gasteiger partial charge in [-0.25, -0.2) is 9.78 Å². The Morgan fingerprint density at radius 1 is 1.11 bits per heavy atom. The zero-order chi connectivity index (χ0) is 25.2. The molecule has 1 N–H and O–H groups in total. The Hall–Kier alpha value is -2.87. The predicted molar refractivity (Wildman–Crippen MR) is 137 cm³/mol. The van der Waals surface area contributed by atoms with Gasteiger partial charge in [0.1, 0.15) is 11.9 Å². The number of aliphatic hydroxyl groups is 1. The summed E-state index contributed by atoms with van der Waals surface area (Å²) in [7, 11) is 0. The molecule has 0 saturated carbocycles. The van der Waals surface area contributed by atoms with Crippen molar-refractivity contribution in [3.8, 4) is 11.3 Å². The van der Waals surface area contributed by atoms with E-state index in [0.29, 0.717) is 24.4 Å². The molecule has 3 atom stereocenters. The molecule has 0 radical (unpaired) electrons. The molecule has 0 spiro atoms. The summed E-state index contributed by atoms with van der Waals surface area (Å²) in [5, 5.41) is 11.1. The number of hydrogen-bond acceptors (Lipinski definition) is 5. The Morgan fingerprint density at radius 2 is 1.80 bits per heavy atom. The number of aromatic nitrogens is 1. The van der Waals surface area contributed by atoms with Crippen molar-refractivity contribution >= 4 is 17.3 Å². The van der Waals surface area contributed by atoms with E-state index in [9.17, 15) is 14.5 Å². The van der Waals surface area contributed by atoms with Gasteiger partial charge in [-0.2, -0.15) is 0 Å². The number of hydrogen-bond donors (Lipinski definition) is 1. The molecule has 1 aromatic heterocycles. The number of nitrogens with zero attached hydrogens (tertiary/aromatic N) is 2. The molecule has 2 aromatic carbocycles. The summed E-state index contributed by atoms with van der Waals surface area (Å²) in [4.78, 5) is 19.5. The average Bonchev–Trinajstić information content (AvgIpc) is 2.83. The molecule has 1 amide bonds. The van der Waals surface area contributed by atoms with E-state index >= 15 is 0 Å². The van der Waals surface area contributed by atoms with Crippen molar-refractivity contribution in [3.63, 3.8) is 0 Å². The molecule has 7 heteroatoms. The van der Waals surface area contributed by atoms with Crippen LogP contribution in [-0.2, 0) is 21.5 Å². The molecule has 3 aromatic rings. The molecule has 0 aliphatic carbocycles. The molecule has 0 bridgehead atoms. The maximum Gasteiger partial charge on any atom is 0.411 e. The maximum absolute atomic E-state index is 13.3. The first-order chi connectivity index (χ1) is 16.6. The Balaban J connectivity index is 1.53. The van der Waals surface area contributed by atoms with E-state index in [4.69, 9.17) is 4.74 Å². The highest BCUT2D eigenvalue weighted by Crippen LogP contribution is 2.42. The lowest BCUT2D eigenvalue weighted by molar-refractivity contribution is -0.101. The third kappa shape index (κ3) is 5.69. The van der Waals surface area contributed by atoms with Gasteiger partial charge >= 0.3 is 6.09 Å². The maximum atomic E-state index is 13.3. The van der Waals surface area contributed by atoms with Gasteiger partial charge in [-0.1, -0.05) is 60.7 Å². The summed E-state index contributed by atoms with van der Waals surface area (Å²) in [6.07, 6.45) is 2.13. The molecule has 2 heterocycles. The number of ether oxygens (including phenoxy) is 1. The number of pyridine rings is 1. The normalized spacial score (nSPS) is 20.3. The van der Waals surface area contributed by atoms with Crippen molar-refractivity contribution < 1.29 is 19.2 Å². The van der Waals surface area contributed by atoms with Crippen LogP contribution in [0.3, 0.4) is 0 Å². The molecule has 1 aliphatic rings. The summed E-state index contributed by atoms with van der Waals surface area (Å²) in [5.74, 6) is 0. The van der Waals surface area contributed by atoms with Gasteiger partial charge in [-0.15, -0.1) is 0 Å². The standard InChI is InChI=1S/C28H32N2O4S/c1-20(21-13-15-22(16-14-21)24-11-8-12-25(29-24)35(4)33)30-18-17-28(34-26(30)31,19-27(2,3)32)23-9-6-5-7-10-23/h5-16,20,32H,17-19H2,1-4H3/t20?,28-,35-/m0/s1. The molecule has 1 aliphatic heterocycles. The molecule has 184 valence electrons. The summed E-state index contributed by atoms with van der Waals surface area (Å²) in [6.45, 7) is 5.98. The highest BCUT2D eigenvalue weighted by atomic mass is 32.2. The fourth-order valence-corrected chi connectivity index (χ4v) is 5.24. The third-order valence-corrected chi connectivity index (χ3v) is 7.28. The third-order valence-electron chi connectivity index (χ3n) is 6.47. The highest BCUT2D eigenvalue weighted by Gasteiger charge is 2.46. The smallest absolute Gasteiger partial charge is 0.411 e. The highest BCUT2D eigenvalue weighted by molar-refractivity contribution is 7.90. The first kappa shape index (κ1) is 25.2. The van der Waals surface area contributed by atoms with E-state index in [1.807, 2.05) is 73.7 Å². The number of amides is 1. The summed E-state index contributed by atoms with van der Waals surface area (Å²) >= 11 is -1.14. The Kier molecular flexibility index (Phi) is 7.22. The summed E-state index contributed by atoms with van der Waals surface area (Å²) in [5.41, 5.74) is 1.70. The van der Waals surface area contributed by atoms with Crippen molar-refractivity contribution in [1.82, 2.24) is 9.88 Å². The fourth-order valence-electron chi connectivity index (χ4n) is 4.74. The lowest BCUT2D eigenvalue weighted by Gasteiger charge is -2.45. The number of carbonyl (C=O) groups is 1. The van der Waals surface area contributed by atoms with E-state index in [-0.39, 0.29) is 12.1 Å². The van der Waals surface area contributed by atoms with E-state index in [2.05, 4.69) is 4.98 Å². The second kappa shape index (κ2) is 10.0. The second-order valence-electron chi connectivity index (χ2n) is 9.77. The quantitative estimate of drug-likeness (QED) is 0.444. The average molecular weight is 493 g/mol. The molecule has 35 heavy (non-hydrogen) atoms. The van der Waals surface area contributed by atoms with Gasteiger partial charge < -0.3 is 19.3 Å². The van der Waals surface area contributed by atoms with Gasteiger partial charge in [0.25, 0.3) is 0 Å². The molecule has 1 fully saturated rings. The largest absolute Gasteiger partial charge is 0.610 e. The lowest BCUT2D eigenvalue weighted by Crippen LogP contribution is -2.51. The minimum absolute atomic E-state index is 0.185. The van der Waals surface area contributed by atoms with Crippen molar-refractivity contribution in [2.75, 3.05) is 12.8 Å². The topological polar surface area (TPSA) is 85.7 Å². The Morgan fingerprint density at radius 3 is 2.40 bits per heavy atom. The predicted octanol–water partition coefficient (Wildman–Crippen LogP) is 5.45. The number of rotatable bonds is 7. The molecule has 1 saturated heterocycles. The zero-order valence-electron chi connectivity index (χ0n) is 20.6. The van der Waals surface area contributed by atoms with Gasteiger partial charge in [0.2, 0.25) is 5.03 Å². The van der Waals surface area contributed by atoms with Crippen molar-refractivity contribution in [2.24, 2.45) is 0 Å². The number of benzene rings is 2. The summed E-state index contributed by atoms with van der Waals surface area (Å²) < 4.78 is 17.9. The first-order valence-electron chi connectivity index (χ1n) is 11.8. The molecular weight excluding hydrogens is 460 g/mol. The molecular formula is C28H32N2O4S. The van der Waals surface area contributed by atoms with Gasteiger partial charge in [0.05, 0.1) is 17.3 Å². The van der Waals surface area contributed by atoms with Crippen molar-refractivity contribution in [1.29, 1.82) is 0 Å². The van der Waals surface area contributed by atoms with Crippen LogP contribution in [0.4, 0.5) is 4.79 Å². The zero-order valence-corrected chi connectivity index (χ0v) is 21.4. The van der Waals surface area contributed by atoms with E-state index in [0.717, 1.165) is 22.4 Å². The van der Waals surface area contributed by atoms with Crippen molar-refractivity contribution in [2.45, 2.75) is 55.9 Å². The van der Waals surface area contributed by atoms with Crippen LogP contribution < -0.4 is 0 Å². The second-order valence-corrected chi connectivity index (χ2v) is 11.1. The lowest BCUT2D eigenvalue weighted by atomic mass is 9.80. The number of carbonyl (C=O) groups excluding carboxylic acids is 1. The summed E-state index contributed by atoms with van der Waals surface area (Å²) in [6, 6.07) is 22.9. The van der Waals surface area contributed by atoms with Gasteiger partial charge in [0, 0.05) is 42.2 Å². The van der Waals surface area contributed by atoms with Crippen LogP contribution in [0, 0.1) is 0 Å². The Bertz CT molecular complexity index is 1160. The monoisotopic (exact) mass is 492 g/mol. The first-order valence-corrected chi connectivity index (χ1v) is 13.3. The number of cyclic esters (lactones) is 1. The van der Waals surface area contributed by atoms with Crippen LogP contribution in [0.25, 0.3) is 11.3 Å². The van der Waals surface area contributed by atoms with E-state index in [1.165, 1.54) is 0 Å². The van der Waals surface area contributed by atoms with Crippen molar-refractivity contribution in [3.05, 3.63) is 83.9 Å². The van der Waals surface area contributed by atoms with Crippen LogP contribution in [0.5, 0.6) is 0 Å². The van der Waals surface area contributed by atoms with Gasteiger partial charge in [-0.3, -0.25) is 0 Å². The van der Waals surface area contributed by atoms with Crippen LogP contribution >= 0.6 is 0 Å². The SMILES string of the molecule is CC(c1ccc(-c2cccc([S@+](C)[O-])n2)cc1)N1CC[C@](CC(C)(C)O)(c2ccccc2)OC1=O. The fraction of sp³-hybridized carbons (Fsp3) is 0.357. The van der Waals surface area contributed by atoms with E-state index in [1.54, 1.807) is 31.1 Å². The van der Waals surface area contributed by atoms with Crippen LogP contribution in [0.15, 0.2) is 77.8 Å². The minimum Gasteiger partial charge on any atom is -0.610 e. The minimum atomic E-state index is -1.14. The molecule has 4 rings (SSSR count).